The first-order chi connectivity index (χ1) is 12.3. The fourth-order valence-corrected chi connectivity index (χ4v) is 3.04. The zero-order valence-electron chi connectivity index (χ0n) is 16.3. The number of nitrogens with zero attached hydrogens (tertiary/aromatic N) is 1. The molecule has 0 fully saturated rings. The Morgan fingerprint density at radius 2 is 1.68 bits per heavy atom. The number of aromatic nitrogens is 1. The Morgan fingerprint density at radius 3 is 2.36 bits per heavy atom. The summed E-state index contributed by atoms with van der Waals surface area (Å²) in [5.74, 6) is 0. The van der Waals surface area contributed by atoms with E-state index in [1.54, 1.807) is 0 Å². The molecule has 0 aliphatic carbocycles. The van der Waals surface area contributed by atoms with Gasteiger partial charge in [0, 0.05) is 31.2 Å². The first-order valence-corrected chi connectivity index (χ1v) is 9.19. The number of fused-ring (bicyclic) bond motifs is 1. The average Bonchev–Trinajstić information content (AvgIpc) is 2.93. The van der Waals surface area contributed by atoms with Crippen molar-refractivity contribution in [3.63, 3.8) is 0 Å². The molecule has 0 saturated heterocycles. The van der Waals surface area contributed by atoms with Crippen LogP contribution in [-0.4, -0.2) is 30.3 Å². The fraction of sp³-hybridized carbons (Fsp3) is 0.476. The predicted molar refractivity (Wildman–Crippen MR) is 107 cm³/mol. The molecule has 0 saturated carbocycles. The predicted octanol–water partition coefficient (Wildman–Crippen LogP) is 3.89. The van der Waals surface area contributed by atoms with E-state index in [0.717, 1.165) is 33.0 Å². The Bertz CT molecular complexity index is 614. The molecule has 1 aromatic carbocycles. The van der Waals surface area contributed by atoms with E-state index in [4.69, 9.17) is 5.11 Å². The second kappa shape index (κ2) is 11.6. The molecular weight excluding hydrogens is 310 g/mol. The monoisotopic (exact) mass is 343 g/mol. The minimum Gasteiger partial charge on any atom is -0.400 e. The second-order valence-electron chi connectivity index (χ2n) is 5.79. The Hall–Kier alpha value is -1.91. The van der Waals surface area contributed by atoms with Crippen molar-refractivity contribution < 1.29 is 5.11 Å². The van der Waals surface area contributed by atoms with Crippen LogP contribution in [-0.2, 0) is 12.8 Å². The molecule has 3 N–H and O–H groups in total. The molecule has 0 amide bonds. The van der Waals surface area contributed by atoms with E-state index < -0.39 is 0 Å². The molecule has 0 bridgehead atoms. The van der Waals surface area contributed by atoms with Crippen molar-refractivity contribution in [2.75, 3.05) is 25.5 Å². The molecule has 1 aliphatic rings. The van der Waals surface area contributed by atoms with Gasteiger partial charge >= 0.3 is 0 Å². The zero-order valence-corrected chi connectivity index (χ0v) is 16.3. The normalized spacial score (nSPS) is 13.8. The quantitative estimate of drug-likeness (QED) is 0.791. The van der Waals surface area contributed by atoms with Crippen LogP contribution in [0.2, 0.25) is 0 Å². The summed E-state index contributed by atoms with van der Waals surface area (Å²) >= 11 is 0. The Labute approximate surface area is 152 Å². The van der Waals surface area contributed by atoms with Crippen molar-refractivity contribution >= 4 is 5.69 Å². The van der Waals surface area contributed by atoms with E-state index in [1.165, 1.54) is 27.9 Å². The number of aliphatic hydroxyl groups is 1. The Morgan fingerprint density at radius 1 is 1.04 bits per heavy atom. The number of aliphatic hydroxyl groups excluding tert-OH is 1. The number of hydrogen-bond donors (Lipinski definition) is 3. The lowest BCUT2D eigenvalue weighted by molar-refractivity contribution is 0.399. The summed E-state index contributed by atoms with van der Waals surface area (Å²) < 4.78 is 0. The number of rotatable bonds is 3. The highest BCUT2D eigenvalue weighted by Gasteiger charge is 2.15. The molecular formula is C21H33N3O. The molecule has 2 heterocycles. The summed E-state index contributed by atoms with van der Waals surface area (Å²) in [5.41, 5.74) is 6.89. The van der Waals surface area contributed by atoms with Crippen LogP contribution >= 0.6 is 0 Å². The van der Waals surface area contributed by atoms with Gasteiger partial charge in [-0.05, 0) is 74.2 Å². The fourth-order valence-electron chi connectivity index (χ4n) is 3.04. The van der Waals surface area contributed by atoms with Gasteiger partial charge in [-0.15, -0.1) is 0 Å². The van der Waals surface area contributed by atoms with Gasteiger partial charge in [-0.2, -0.15) is 0 Å². The number of hydrogen-bond acceptors (Lipinski definition) is 4. The molecule has 0 spiro atoms. The van der Waals surface area contributed by atoms with Crippen LogP contribution in [0.25, 0.3) is 0 Å². The van der Waals surface area contributed by atoms with Gasteiger partial charge in [0.1, 0.15) is 0 Å². The van der Waals surface area contributed by atoms with Crippen molar-refractivity contribution in [3.8, 4) is 0 Å². The molecule has 0 radical (unpaired) electrons. The molecule has 2 aromatic rings. The van der Waals surface area contributed by atoms with E-state index in [2.05, 4.69) is 53.7 Å². The van der Waals surface area contributed by atoms with Crippen LogP contribution in [0, 0.1) is 6.92 Å². The van der Waals surface area contributed by atoms with Crippen LogP contribution in [0.15, 0.2) is 36.7 Å². The standard InChI is InChI=1S/C18H23N3.C2H6.CH4O/c1-13-3-4-16-7-11-20-12-8-17(16)18(13)21-14(2)15-5-9-19-10-6-15;2*1-2/h3-6,9-10,14,20-21H,7-8,11-12H2,1-2H3;1-2H3;2H,1H3. The molecule has 4 nitrogen and oxygen atoms in total. The van der Waals surface area contributed by atoms with E-state index in [1.807, 2.05) is 26.2 Å². The van der Waals surface area contributed by atoms with Gasteiger partial charge in [0.2, 0.25) is 0 Å². The van der Waals surface area contributed by atoms with E-state index in [-0.39, 0.29) is 6.04 Å². The van der Waals surface area contributed by atoms with E-state index in [0.29, 0.717) is 0 Å². The largest absolute Gasteiger partial charge is 0.400 e. The van der Waals surface area contributed by atoms with Crippen molar-refractivity contribution in [1.29, 1.82) is 0 Å². The first-order valence-electron chi connectivity index (χ1n) is 9.19. The summed E-state index contributed by atoms with van der Waals surface area (Å²) in [5, 5.41) is 14.2. The van der Waals surface area contributed by atoms with E-state index >= 15 is 0 Å². The Balaban J connectivity index is 0.000000730. The number of aryl methyl sites for hydroxylation is 1. The van der Waals surface area contributed by atoms with Gasteiger partial charge in [-0.3, -0.25) is 4.98 Å². The molecule has 138 valence electrons. The second-order valence-corrected chi connectivity index (χ2v) is 5.79. The van der Waals surface area contributed by atoms with Crippen molar-refractivity contribution in [1.82, 2.24) is 10.3 Å². The lowest BCUT2D eigenvalue weighted by atomic mass is 9.96. The molecule has 1 aromatic heterocycles. The molecule has 1 aliphatic heterocycles. The molecule has 1 atom stereocenters. The third-order valence-electron chi connectivity index (χ3n) is 4.31. The Kier molecular flexibility index (Phi) is 9.81. The molecule has 4 heteroatoms. The van der Waals surface area contributed by atoms with Crippen molar-refractivity contribution in [2.24, 2.45) is 0 Å². The van der Waals surface area contributed by atoms with Gasteiger partial charge < -0.3 is 15.7 Å². The maximum absolute atomic E-state index is 7.00. The number of nitrogens with one attached hydrogen (secondary N) is 2. The minimum atomic E-state index is 0.286. The van der Waals surface area contributed by atoms with Gasteiger partial charge in [0.05, 0.1) is 0 Å². The first kappa shape index (κ1) is 21.1. The molecule has 1 unspecified atom stereocenters. The maximum Gasteiger partial charge on any atom is 0.0486 e. The lowest BCUT2D eigenvalue weighted by Crippen LogP contribution is -2.16. The third-order valence-corrected chi connectivity index (χ3v) is 4.31. The van der Waals surface area contributed by atoms with Crippen LogP contribution in [0.1, 0.15) is 49.1 Å². The highest BCUT2D eigenvalue weighted by molar-refractivity contribution is 5.61. The minimum absolute atomic E-state index is 0.286. The highest BCUT2D eigenvalue weighted by Crippen LogP contribution is 2.29. The number of benzene rings is 1. The topological polar surface area (TPSA) is 57.2 Å². The lowest BCUT2D eigenvalue weighted by Gasteiger charge is -2.22. The summed E-state index contributed by atoms with van der Waals surface area (Å²) in [6.45, 7) is 10.5. The number of anilines is 1. The van der Waals surface area contributed by atoms with Crippen LogP contribution < -0.4 is 10.6 Å². The number of pyridine rings is 1. The third kappa shape index (κ3) is 5.83. The van der Waals surface area contributed by atoms with Crippen LogP contribution in [0.3, 0.4) is 0 Å². The average molecular weight is 344 g/mol. The van der Waals surface area contributed by atoms with Crippen molar-refractivity contribution in [2.45, 2.75) is 46.6 Å². The highest BCUT2D eigenvalue weighted by atomic mass is 16.2. The smallest absolute Gasteiger partial charge is 0.0486 e. The summed E-state index contributed by atoms with van der Waals surface area (Å²) in [6.07, 6.45) is 5.93. The molecule has 25 heavy (non-hydrogen) atoms. The van der Waals surface area contributed by atoms with Crippen LogP contribution in [0.4, 0.5) is 5.69 Å². The van der Waals surface area contributed by atoms with Crippen LogP contribution in [0.5, 0.6) is 0 Å². The van der Waals surface area contributed by atoms with Gasteiger partial charge in [-0.1, -0.05) is 26.0 Å². The van der Waals surface area contributed by atoms with Gasteiger partial charge in [0.15, 0.2) is 0 Å². The van der Waals surface area contributed by atoms with Crippen molar-refractivity contribution in [3.05, 3.63) is 58.9 Å². The van der Waals surface area contributed by atoms with E-state index in [9.17, 15) is 0 Å². The molecule has 3 rings (SSSR count). The van der Waals surface area contributed by atoms with Gasteiger partial charge in [-0.25, -0.2) is 0 Å². The summed E-state index contributed by atoms with van der Waals surface area (Å²) in [7, 11) is 1.00. The maximum atomic E-state index is 7.00. The van der Waals surface area contributed by atoms with Gasteiger partial charge in [0.25, 0.3) is 0 Å². The summed E-state index contributed by atoms with van der Waals surface area (Å²) in [4.78, 5) is 4.10. The zero-order chi connectivity index (χ0) is 18.7. The summed E-state index contributed by atoms with van der Waals surface area (Å²) in [6, 6.07) is 8.98. The SMILES string of the molecule is CC.CO.Cc1ccc2c(c1NC(C)c1ccncc1)CCNCC2.